The monoisotopic (exact) mass is 439 g/mol. The highest BCUT2D eigenvalue weighted by Crippen LogP contribution is 2.35. The van der Waals surface area contributed by atoms with E-state index in [0.717, 1.165) is 37.7 Å². The fraction of sp³-hybridized carbons (Fsp3) is 0.500. The lowest BCUT2D eigenvalue weighted by molar-refractivity contribution is -0.162. The lowest BCUT2D eigenvalue weighted by atomic mass is 9.95. The van der Waals surface area contributed by atoms with Crippen LogP contribution in [0.1, 0.15) is 37.9 Å². The number of rotatable bonds is 5. The number of carbonyl (C=O) groups is 1. The molecule has 0 atom stereocenters. The van der Waals surface area contributed by atoms with Gasteiger partial charge in [0.1, 0.15) is 18.3 Å². The Hall–Kier alpha value is -2.68. The summed E-state index contributed by atoms with van der Waals surface area (Å²) in [6.45, 7) is 6.42. The van der Waals surface area contributed by atoms with Crippen molar-refractivity contribution in [2.75, 3.05) is 19.7 Å². The van der Waals surface area contributed by atoms with Crippen molar-refractivity contribution >= 4 is 5.97 Å². The van der Waals surface area contributed by atoms with Gasteiger partial charge in [-0.15, -0.1) is 0 Å². The van der Waals surface area contributed by atoms with Gasteiger partial charge in [-0.05, 0) is 71.0 Å². The maximum absolute atomic E-state index is 12.9. The zero-order valence-electron chi connectivity index (χ0n) is 17.9. The van der Waals surface area contributed by atoms with Crippen LogP contribution in [0.5, 0.6) is 5.88 Å². The summed E-state index contributed by atoms with van der Waals surface area (Å²) in [5, 5.41) is 3.16. The van der Waals surface area contributed by atoms with Gasteiger partial charge >= 0.3 is 12.1 Å². The Morgan fingerprint density at radius 2 is 1.77 bits per heavy atom. The molecule has 1 saturated heterocycles. The SMILES string of the molecule is CC(C)(COc1ncccc1C(F)(F)F)C(=O)OC1CCNCC1.Cc1ccccn1. The van der Waals surface area contributed by atoms with Crippen LogP contribution in [0.4, 0.5) is 13.2 Å². The molecule has 0 radical (unpaired) electrons. The number of carbonyl (C=O) groups excluding carboxylic acids is 1. The van der Waals surface area contributed by atoms with Crippen molar-refractivity contribution in [2.45, 2.75) is 45.9 Å². The number of hydrogen-bond donors (Lipinski definition) is 1. The van der Waals surface area contributed by atoms with Crippen molar-refractivity contribution in [1.29, 1.82) is 0 Å². The molecule has 0 amide bonds. The summed E-state index contributed by atoms with van der Waals surface area (Å²) in [6, 6.07) is 7.93. The van der Waals surface area contributed by atoms with E-state index >= 15 is 0 Å². The van der Waals surface area contributed by atoms with E-state index in [0.29, 0.717) is 0 Å². The van der Waals surface area contributed by atoms with Crippen LogP contribution in [0.15, 0.2) is 42.7 Å². The molecule has 2 aromatic rings. The second kappa shape index (κ2) is 11.1. The Labute approximate surface area is 180 Å². The smallest absolute Gasteiger partial charge is 0.421 e. The molecule has 0 unspecified atom stereocenters. The van der Waals surface area contributed by atoms with E-state index in [2.05, 4.69) is 15.3 Å². The number of piperidine rings is 1. The van der Waals surface area contributed by atoms with Crippen LogP contribution in [-0.2, 0) is 15.7 Å². The first-order chi connectivity index (χ1) is 14.6. The van der Waals surface area contributed by atoms with E-state index in [1.165, 1.54) is 12.3 Å². The zero-order chi connectivity index (χ0) is 22.9. The molecule has 3 heterocycles. The van der Waals surface area contributed by atoms with Crippen molar-refractivity contribution in [3.8, 4) is 5.88 Å². The van der Waals surface area contributed by atoms with E-state index in [-0.39, 0.29) is 12.7 Å². The van der Waals surface area contributed by atoms with Crippen molar-refractivity contribution in [3.63, 3.8) is 0 Å². The molecule has 9 heteroatoms. The number of nitrogens with one attached hydrogen (secondary N) is 1. The highest BCUT2D eigenvalue weighted by atomic mass is 19.4. The average molecular weight is 439 g/mol. The number of aryl methyl sites for hydroxylation is 1. The standard InChI is InChI=1S/C16H21F3N2O3.C6H7N/c1-15(2,14(22)24-11-5-8-20-9-6-11)10-23-13-12(16(17,18)19)4-3-7-21-13;1-6-4-2-3-5-7-6/h3-4,7,11,20H,5-6,8-10H2,1-2H3;2-5H,1H3. The summed E-state index contributed by atoms with van der Waals surface area (Å²) in [4.78, 5) is 19.9. The van der Waals surface area contributed by atoms with Crippen LogP contribution in [0, 0.1) is 12.3 Å². The highest BCUT2D eigenvalue weighted by molar-refractivity contribution is 5.76. The number of halogens is 3. The van der Waals surface area contributed by atoms with Crippen LogP contribution in [0.2, 0.25) is 0 Å². The Kier molecular flexibility index (Phi) is 8.79. The minimum atomic E-state index is -4.57. The third-order valence-corrected chi connectivity index (χ3v) is 4.57. The first-order valence-corrected chi connectivity index (χ1v) is 10.0. The van der Waals surface area contributed by atoms with E-state index in [1.807, 2.05) is 25.1 Å². The average Bonchev–Trinajstić information content (AvgIpc) is 2.73. The van der Waals surface area contributed by atoms with Gasteiger partial charge < -0.3 is 14.8 Å². The summed E-state index contributed by atoms with van der Waals surface area (Å²) < 4.78 is 49.4. The maximum atomic E-state index is 12.9. The Morgan fingerprint density at radius 1 is 1.10 bits per heavy atom. The molecular formula is C22H28F3N3O3. The number of hydrogen-bond acceptors (Lipinski definition) is 6. The molecule has 1 aliphatic heterocycles. The van der Waals surface area contributed by atoms with Gasteiger partial charge in [0.15, 0.2) is 0 Å². The molecule has 0 aromatic carbocycles. The third-order valence-electron chi connectivity index (χ3n) is 4.57. The molecule has 0 spiro atoms. The van der Waals surface area contributed by atoms with Gasteiger partial charge in [0.2, 0.25) is 5.88 Å². The van der Waals surface area contributed by atoms with Crippen molar-refractivity contribution in [1.82, 2.24) is 15.3 Å². The molecule has 1 aliphatic rings. The van der Waals surface area contributed by atoms with E-state index in [4.69, 9.17) is 9.47 Å². The lowest BCUT2D eigenvalue weighted by Gasteiger charge is -2.28. The maximum Gasteiger partial charge on any atom is 0.421 e. The molecule has 170 valence electrons. The molecule has 3 rings (SSSR count). The second-order valence-electron chi connectivity index (χ2n) is 7.85. The van der Waals surface area contributed by atoms with Gasteiger partial charge in [0.05, 0.1) is 5.41 Å². The van der Waals surface area contributed by atoms with Crippen LogP contribution in [0.3, 0.4) is 0 Å². The zero-order valence-corrected chi connectivity index (χ0v) is 17.9. The van der Waals surface area contributed by atoms with Gasteiger partial charge in [0, 0.05) is 18.1 Å². The van der Waals surface area contributed by atoms with Crippen LogP contribution >= 0.6 is 0 Å². The van der Waals surface area contributed by atoms with Gasteiger partial charge in [-0.25, -0.2) is 4.98 Å². The van der Waals surface area contributed by atoms with E-state index < -0.39 is 29.0 Å². The normalized spacial score (nSPS) is 14.9. The largest absolute Gasteiger partial charge is 0.476 e. The van der Waals surface area contributed by atoms with Crippen molar-refractivity contribution < 1.29 is 27.4 Å². The fourth-order valence-corrected chi connectivity index (χ4v) is 2.70. The Balaban J connectivity index is 0.000000412. The van der Waals surface area contributed by atoms with Gasteiger partial charge in [-0.2, -0.15) is 13.2 Å². The Morgan fingerprint density at radius 3 is 2.32 bits per heavy atom. The van der Waals surface area contributed by atoms with Crippen LogP contribution < -0.4 is 10.1 Å². The summed E-state index contributed by atoms with van der Waals surface area (Å²) in [6.07, 6.45) is -0.287. The number of nitrogens with zero attached hydrogens (tertiary/aromatic N) is 2. The molecule has 0 saturated carbocycles. The third kappa shape index (κ3) is 8.16. The molecule has 6 nitrogen and oxygen atoms in total. The Bertz CT molecular complexity index is 823. The summed E-state index contributed by atoms with van der Waals surface area (Å²) >= 11 is 0. The van der Waals surface area contributed by atoms with Crippen molar-refractivity contribution in [3.05, 3.63) is 54.0 Å². The topological polar surface area (TPSA) is 73.3 Å². The van der Waals surface area contributed by atoms with Crippen molar-refractivity contribution in [2.24, 2.45) is 5.41 Å². The number of aromatic nitrogens is 2. The number of pyridine rings is 2. The van der Waals surface area contributed by atoms with E-state index in [1.54, 1.807) is 20.0 Å². The lowest BCUT2D eigenvalue weighted by Crippen LogP contribution is -2.39. The summed E-state index contributed by atoms with van der Waals surface area (Å²) in [7, 11) is 0. The number of alkyl halides is 3. The van der Waals surface area contributed by atoms with E-state index in [9.17, 15) is 18.0 Å². The molecule has 31 heavy (non-hydrogen) atoms. The molecule has 1 fully saturated rings. The minimum Gasteiger partial charge on any atom is -0.476 e. The predicted octanol–water partition coefficient (Wildman–Crippen LogP) is 4.19. The summed E-state index contributed by atoms with van der Waals surface area (Å²) in [5.41, 5.74) is -0.972. The molecule has 0 bridgehead atoms. The quantitative estimate of drug-likeness (QED) is 0.705. The number of esters is 1. The van der Waals surface area contributed by atoms with Gasteiger partial charge in [-0.3, -0.25) is 9.78 Å². The minimum absolute atomic E-state index is 0.168. The fourth-order valence-electron chi connectivity index (χ4n) is 2.70. The molecule has 0 aliphatic carbocycles. The predicted molar refractivity (Wildman–Crippen MR) is 109 cm³/mol. The number of ether oxygens (including phenoxy) is 2. The molecule has 1 N–H and O–H groups in total. The first-order valence-electron chi connectivity index (χ1n) is 10.0. The molecular weight excluding hydrogens is 411 g/mol. The first kappa shape index (κ1) is 24.6. The molecule has 2 aromatic heterocycles. The summed E-state index contributed by atoms with van der Waals surface area (Å²) in [5.74, 6) is -1.02. The van der Waals surface area contributed by atoms with Crippen LogP contribution in [0.25, 0.3) is 0 Å². The van der Waals surface area contributed by atoms with Gasteiger partial charge in [-0.1, -0.05) is 6.07 Å². The highest BCUT2D eigenvalue weighted by Gasteiger charge is 2.37. The van der Waals surface area contributed by atoms with Crippen LogP contribution in [-0.4, -0.2) is 41.7 Å². The second-order valence-corrected chi connectivity index (χ2v) is 7.85. The van der Waals surface area contributed by atoms with Gasteiger partial charge in [0.25, 0.3) is 0 Å².